The van der Waals surface area contributed by atoms with Crippen LogP contribution in [0.5, 0.6) is 11.5 Å². The van der Waals surface area contributed by atoms with Crippen LogP contribution in [0.15, 0.2) is 18.2 Å². The fraction of sp³-hybridized carbons (Fsp3) is 0.250. The van der Waals surface area contributed by atoms with Gasteiger partial charge >= 0.3 is 6.36 Å². The molecule has 0 saturated heterocycles. The average molecular weight is 289 g/mol. The number of nitrogens with zero attached hydrogens (tertiary/aromatic N) is 1. The molecular formula is C12H10F3NO2S. The van der Waals surface area contributed by atoms with Crippen LogP contribution in [0.1, 0.15) is 10.7 Å². The number of phenols is 1. The monoisotopic (exact) mass is 289 g/mol. The molecule has 1 aromatic heterocycles. The minimum Gasteiger partial charge on any atom is -0.507 e. The predicted molar refractivity (Wildman–Crippen MR) is 65.4 cm³/mol. The summed E-state index contributed by atoms with van der Waals surface area (Å²) >= 11 is 1.30. The zero-order valence-electron chi connectivity index (χ0n) is 10.1. The third-order valence-electron chi connectivity index (χ3n) is 2.35. The number of thiazole rings is 1. The van der Waals surface area contributed by atoms with Crippen LogP contribution < -0.4 is 4.74 Å². The average Bonchev–Trinajstić information content (AvgIpc) is 2.58. The standard InChI is InChI=1S/C12H10F3NO2S/c1-6-11(19-7(2)16-6)9-5-8(3-4-10(9)17)18-12(13,14)15/h3-5,17H,1-2H3. The van der Waals surface area contributed by atoms with E-state index in [0.717, 1.165) is 17.1 Å². The Morgan fingerprint density at radius 1 is 1.26 bits per heavy atom. The number of aromatic nitrogens is 1. The van der Waals surface area contributed by atoms with Gasteiger partial charge in [0.15, 0.2) is 0 Å². The molecule has 102 valence electrons. The van der Waals surface area contributed by atoms with E-state index in [0.29, 0.717) is 10.6 Å². The lowest BCUT2D eigenvalue weighted by Crippen LogP contribution is -2.17. The predicted octanol–water partition coefficient (Wildman–Crippen LogP) is 4.03. The first-order valence-electron chi connectivity index (χ1n) is 5.29. The van der Waals surface area contributed by atoms with E-state index in [1.54, 1.807) is 13.8 Å². The SMILES string of the molecule is Cc1nc(C)c(-c2cc(OC(F)(F)F)ccc2O)s1. The zero-order valence-corrected chi connectivity index (χ0v) is 10.9. The van der Waals surface area contributed by atoms with Crippen molar-refractivity contribution >= 4 is 11.3 Å². The molecule has 0 amide bonds. The maximum absolute atomic E-state index is 12.2. The Bertz CT molecular complexity index is 608. The fourth-order valence-electron chi connectivity index (χ4n) is 1.68. The van der Waals surface area contributed by atoms with E-state index in [4.69, 9.17) is 0 Å². The Hall–Kier alpha value is -1.76. The zero-order chi connectivity index (χ0) is 14.2. The Morgan fingerprint density at radius 3 is 2.47 bits per heavy atom. The second kappa shape index (κ2) is 4.73. The van der Waals surface area contributed by atoms with E-state index >= 15 is 0 Å². The van der Waals surface area contributed by atoms with Gasteiger partial charge in [0.2, 0.25) is 0 Å². The van der Waals surface area contributed by atoms with Crippen molar-refractivity contribution in [3.63, 3.8) is 0 Å². The lowest BCUT2D eigenvalue weighted by atomic mass is 10.1. The van der Waals surface area contributed by atoms with Crippen LogP contribution in [0, 0.1) is 13.8 Å². The maximum atomic E-state index is 12.2. The molecule has 0 unspecified atom stereocenters. The first-order valence-corrected chi connectivity index (χ1v) is 6.11. The van der Waals surface area contributed by atoms with E-state index < -0.39 is 6.36 Å². The molecule has 0 saturated carbocycles. The van der Waals surface area contributed by atoms with Crippen molar-refractivity contribution in [2.45, 2.75) is 20.2 Å². The van der Waals surface area contributed by atoms with Gasteiger partial charge in [-0.1, -0.05) is 0 Å². The summed E-state index contributed by atoms with van der Waals surface area (Å²) in [4.78, 5) is 4.80. The van der Waals surface area contributed by atoms with E-state index in [-0.39, 0.29) is 17.1 Å². The number of aryl methyl sites for hydroxylation is 2. The van der Waals surface area contributed by atoms with Gasteiger partial charge in [-0.05, 0) is 32.0 Å². The lowest BCUT2D eigenvalue weighted by Gasteiger charge is -2.10. The molecule has 0 radical (unpaired) electrons. The van der Waals surface area contributed by atoms with Gasteiger partial charge in [0.1, 0.15) is 11.5 Å². The highest BCUT2D eigenvalue weighted by atomic mass is 32.1. The summed E-state index contributed by atoms with van der Waals surface area (Å²) in [5.74, 6) is -0.480. The topological polar surface area (TPSA) is 42.4 Å². The Labute approximate surface area is 111 Å². The largest absolute Gasteiger partial charge is 0.573 e. The van der Waals surface area contributed by atoms with Crippen LogP contribution in [0.2, 0.25) is 0 Å². The van der Waals surface area contributed by atoms with Gasteiger partial charge in [-0.2, -0.15) is 0 Å². The molecule has 0 aliphatic carbocycles. The van der Waals surface area contributed by atoms with Crippen LogP contribution >= 0.6 is 11.3 Å². The maximum Gasteiger partial charge on any atom is 0.573 e. The van der Waals surface area contributed by atoms with E-state index in [1.807, 2.05) is 0 Å². The van der Waals surface area contributed by atoms with Crippen molar-refractivity contribution in [1.82, 2.24) is 4.98 Å². The van der Waals surface area contributed by atoms with Gasteiger partial charge in [-0.25, -0.2) is 4.98 Å². The van der Waals surface area contributed by atoms with E-state index in [2.05, 4.69) is 9.72 Å². The van der Waals surface area contributed by atoms with Crippen LogP contribution in [0.3, 0.4) is 0 Å². The first kappa shape index (κ1) is 13.7. The van der Waals surface area contributed by atoms with Crippen molar-refractivity contribution in [2.24, 2.45) is 0 Å². The molecule has 0 bridgehead atoms. The number of hydrogen-bond donors (Lipinski definition) is 1. The third-order valence-corrected chi connectivity index (χ3v) is 3.46. The summed E-state index contributed by atoms with van der Waals surface area (Å²) < 4.78 is 40.3. The summed E-state index contributed by atoms with van der Waals surface area (Å²) in [6.07, 6.45) is -4.76. The van der Waals surface area contributed by atoms with Gasteiger partial charge in [0.25, 0.3) is 0 Å². The highest BCUT2D eigenvalue weighted by Crippen LogP contribution is 2.38. The molecule has 2 aromatic rings. The van der Waals surface area contributed by atoms with Crippen molar-refractivity contribution in [3.05, 3.63) is 28.9 Å². The molecule has 1 N–H and O–H groups in total. The fourth-order valence-corrected chi connectivity index (χ4v) is 2.62. The highest BCUT2D eigenvalue weighted by Gasteiger charge is 2.31. The molecule has 1 aromatic carbocycles. The van der Waals surface area contributed by atoms with Crippen molar-refractivity contribution in [1.29, 1.82) is 0 Å². The first-order chi connectivity index (χ1) is 8.76. The van der Waals surface area contributed by atoms with Gasteiger partial charge in [0, 0.05) is 5.56 Å². The van der Waals surface area contributed by atoms with Crippen LogP contribution in [0.25, 0.3) is 10.4 Å². The molecule has 3 nitrogen and oxygen atoms in total. The molecule has 0 aliphatic rings. The summed E-state index contributed by atoms with van der Waals surface area (Å²) in [5, 5.41) is 10.5. The number of aromatic hydroxyl groups is 1. The minimum absolute atomic E-state index is 0.110. The third kappa shape index (κ3) is 3.17. The number of benzene rings is 1. The molecule has 0 aliphatic heterocycles. The Morgan fingerprint density at radius 2 is 1.95 bits per heavy atom. The number of phenolic OH excluding ortho intramolecular Hbond substituents is 1. The molecular weight excluding hydrogens is 279 g/mol. The smallest absolute Gasteiger partial charge is 0.507 e. The van der Waals surface area contributed by atoms with Crippen LogP contribution in [-0.4, -0.2) is 16.5 Å². The van der Waals surface area contributed by atoms with E-state index in [1.165, 1.54) is 17.4 Å². The van der Waals surface area contributed by atoms with Gasteiger partial charge < -0.3 is 9.84 Å². The molecule has 0 fully saturated rings. The number of hydrogen-bond acceptors (Lipinski definition) is 4. The Balaban J connectivity index is 2.46. The molecule has 0 spiro atoms. The van der Waals surface area contributed by atoms with Crippen LogP contribution in [0.4, 0.5) is 13.2 Å². The molecule has 2 rings (SSSR count). The number of alkyl halides is 3. The number of halogens is 3. The Kier molecular flexibility index (Phi) is 3.40. The number of rotatable bonds is 2. The molecule has 1 heterocycles. The van der Waals surface area contributed by atoms with Crippen LogP contribution in [-0.2, 0) is 0 Å². The summed E-state index contributed by atoms with van der Waals surface area (Å²) in [6, 6.07) is 3.39. The summed E-state index contributed by atoms with van der Waals surface area (Å²) in [6.45, 7) is 3.52. The van der Waals surface area contributed by atoms with Gasteiger partial charge in [-0.3, -0.25) is 0 Å². The molecule has 7 heteroatoms. The van der Waals surface area contributed by atoms with Crippen molar-refractivity contribution in [3.8, 4) is 21.9 Å². The second-order valence-corrected chi connectivity index (χ2v) is 5.08. The lowest BCUT2D eigenvalue weighted by molar-refractivity contribution is -0.274. The summed E-state index contributed by atoms with van der Waals surface area (Å²) in [5.41, 5.74) is 0.937. The molecule has 19 heavy (non-hydrogen) atoms. The minimum atomic E-state index is -4.76. The highest BCUT2D eigenvalue weighted by molar-refractivity contribution is 7.15. The normalized spacial score (nSPS) is 11.6. The van der Waals surface area contributed by atoms with Gasteiger partial charge in [0.05, 0.1) is 15.6 Å². The van der Waals surface area contributed by atoms with E-state index in [9.17, 15) is 18.3 Å². The van der Waals surface area contributed by atoms with Gasteiger partial charge in [-0.15, -0.1) is 24.5 Å². The summed E-state index contributed by atoms with van der Waals surface area (Å²) in [7, 11) is 0. The quantitative estimate of drug-likeness (QED) is 0.907. The van der Waals surface area contributed by atoms with Crippen molar-refractivity contribution < 1.29 is 23.0 Å². The molecule has 0 atom stereocenters. The van der Waals surface area contributed by atoms with Crippen molar-refractivity contribution in [2.75, 3.05) is 0 Å². The number of ether oxygens (including phenoxy) is 1. The second-order valence-electron chi connectivity index (χ2n) is 3.87.